The van der Waals surface area contributed by atoms with Gasteiger partial charge in [-0.3, -0.25) is 4.79 Å². The van der Waals surface area contributed by atoms with Crippen LogP contribution in [0.5, 0.6) is 0 Å². The average molecular weight is 258 g/mol. The Kier molecular flexibility index (Phi) is 6.70. The molecule has 0 aliphatic heterocycles. The Balaban J connectivity index is 2.65. The molecule has 102 valence electrons. The van der Waals surface area contributed by atoms with Crippen LogP contribution in [0, 0.1) is 11.8 Å². The molecule has 19 heavy (non-hydrogen) atoms. The predicted molar refractivity (Wildman–Crippen MR) is 78.7 cm³/mol. The van der Waals surface area contributed by atoms with Crippen molar-refractivity contribution in [2.45, 2.75) is 26.3 Å². The molecule has 0 saturated heterocycles. The van der Waals surface area contributed by atoms with Gasteiger partial charge in [0, 0.05) is 12.1 Å². The van der Waals surface area contributed by atoms with E-state index in [4.69, 9.17) is 0 Å². The molecule has 0 fully saturated rings. The van der Waals surface area contributed by atoms with Gasteiger partial charge in [0.25, 0.3) is 0 Å². The Hall–Kier alpha value is -1.79. The lowest BCUT2D eigenvalue weighted by Crippen LogP contribution is -2.44. The lowest BCUT2D eigenvalue weighted by Gasteiger charge is -2.23. The molecule has 1 rings (SSSR count). The Morgan fingerprint density at radius 2 is 2.05 bits per heavy atom. The largest absolute Gasteiger partial charge is 0.330 e. The molecular weight excluding hydrogens is 236 g/mol. The summed E-state index contributed by atoms with van der Waals surface area (Å²) in [4.78, 5) is 13.9. The molecule has 0 bridgehead atoms. The number of carbonyl (C=O) groups excluding carboxylic acids is 1. The predicted octanol–water partition coefficient (Wildman–Crippen LogP) is 1.88. The number of nitrogens with zero attached hydrogens (tertiary/aromatic N) is 1. The van der Waals surface area contributed by atoms with Crippen molar-refractivity contribution in [3.05, 3.63) is 35.9 Å². The van der Waals surface area contributed by atoms with Gasteiger partial charge in [0.1, 0.15) is 0 Å². The van der Waals surface area contributed by atoms with Gasteiger partial charge in [-0.2, -0.15) is 0 Å². The number of nitrogens with one attached hydrogen (secondary N) is 1. The van der Waals surface area contributed by atoms with Crippen molar-refractivity contribution in [2.75, 3.05) is 20.1 Å². The Labute approximate surface area is 116 Å². The van der Waals surface area contributed by atoms with Gasteiger partial charge in [-0.1, -0.05) is 37.0 Å². The summed E-state index contributed by atoms with van der Waals surface area (Å²) in [5.41, 5.74) is 0.980. The molecule has 3 heteroatoms. The highest BCUT2D eigenvalue weighted by Crippen LogP contribution is 1.98. The van der Waals surface area contributed by atoms with Gasteiger partial charge in [0.2, 0.25) is 5.91 Å². The van der Waals surface area contributed by atoms with Crippen LogP contribution in [0.25, 0.3) is 0 Å². The van der Waals surface area contributed by atoms with Gasteiger partial charge in [-0.15, -0.1) is 0 Å². The van der Waals surface area contributed by atoms with E-state index in [0.717, 1.165) is 18.5 Å². The SMILES string of the molecule is CCCN(CC#Cc1ccccc1)C(=O)[C@H](C)NC. The number of likely N-dealkylation sites (N-methyl/N-ethyl adjacent to an activating group) is 1. The zero-order chi connectivity index (χ0) is 14.1. The van der Waals surface area contributed by atoms with Crippen molar-refractivity contribution in [1.82, 2.24) is 10.2 Å². The van der Waals surface area contributed by atoms with Gasteiger partial charge >= 0.3 is 0 Å². The molecule has 3 nitrogen and oxygen atoms in total. The van der Waals surface area contributed by atoms with Gasteiger partial charge in [-0.25, -0.2) is 0 Å². The minimum atomic E-state index is -0.162. The van der Waals surface area contributed by atoms with E-state index in [0.29, 0.717) is 6.54 Å². The molecule has 0 radical (unpaired) electrons. The average Bonchev–Trinajstić information content (AvgIpc) is 2.46. The van der Waals surface area contributed by atoms with E-state index in [9.17, 15) is 4.79 Å². The monoisotopic (exact) mass is 258 g/mol. The topological polar surface area (TPSA) is 32.3 Å². The number of amides is 1. The molecule has 0 heterocycles. The van der Waals surface area contributed by atoms with Crippen molar-refractivity contribution in [1.29, 1.82) is 0 Å². The molecule has 0 aliphatic carbocycles. The van der Waals surface area contributed by atoms with Crippen LogP contribution in [0.1, 0.15) is 25.8 Å². The summed E-state index contributed by atoms with van der Waals surface area (Å²) in [6, 6.07) is 9.66. The van der Waals surface area contributed by atoms with Gasteiger partial charge < -0.3 is 10.2 Å². The van der Waals surface area contributed by atoms with E-state index >= 15 is 0 Å². The fourth-order valence-electron chi connectivity index (χ4n) is 1.69. The number of hydrogen-bond acceptors (Lipinski definition) is 2. The second-order valence-electron chi connectivity index (χ2n) is 4.44. The summed E-state index contributed by atoms with van der Waals surface area (Å²) in [7, 11) is 1.79. The van der Waals surface area contributed by atoms with Gasteiger partial charge in [0.05, 0.1) is 12.6 Å². The molecule has 1 aromatic carbocycles. The number of carbonyl (C=O) groups is 1. The van der Waals surface area contributed by atoms with E-state index in [-0.39, 0.29) is 11.9 Å². The summed E-state index contributed by atoms with van der Waals surface area (Å²) >= 11 is 0. The first-order chi connectivity index (χ1) is 9.19. The van der Waals surface area contributed by atoms with Crippen molar-refractivity contribution in [3.8, 4) is 11.8 Å². The van der Waals surface area contributed by atoms with Gasteiger partial charge in [0.15, 0.2) is 0 Å². The second kappa shape index (κ2) is 8.34. The van der Waals surface area contributed by atoms with E-state index in [1.54, 1.807) is 11.9 Å². The molecule has 0 saturated carbocycles. The first-order valence-corrected chi connectivity index (χ1v) is 6.69. The first kappa shape index (κ1) is 15.3. The molecular formula is C16H22N2O. The summed E-state index contributed by atoms with van der Waals surface area (Å²) in [6.45, 7) is 5.16. The maximum Gasteiger partial charge on any atom is 0.240 e. The first-order valence-electron chi connectivity index (χ1n) is 6.69. The molecule has 1 aromatic rings. The molecule has 0 unspecified atom stereocenters. The van der Waals surface area contributed by atoms with Crippen molar-refractivity contribution in [2.24, 2.45) is 0 Å². The number of benzene rings is 1. The third-order valence-corrected chi connectivity index (χ3v) is 2.89. The zero-order valence-electron chi connectivity index (χ0n) is 11.9. The van der Waals surface area contributed by atoms with E-state index in [1.165, 1.54) is 0 Å². The molecule has 1 atom stereocenters. The van der Waals surface area contributed by atoms with Crippen LogP contribution in [-0.2, 0) is 4.79 Å². The Morgan fingerprint density at radius 1 is 1.37 bits per heavy atom. The smallest absolute Gasteiger partial charge is 0.240 e. The minimum absolute atomic E-state index is 0.103. The normalized spacial score (nSPS) is 11.3. The van der Waals surface area contributed by atoms with Crippen LogP contribution in [-0.4, -0.2) is 37.0 Å². The molecule has 1 amide bonds. The second-order valence-corrected chi connectivity index (χ2v) is 4.44. The Bertz CT molecular complexity index is 445. The molecule has 0 spiro atoms. The lowest BCUT2D eigenvalue weighted by molar-refractivity contribution is -0.132. The standard InChI is InChI=1S/C16H22N2O/c1-4-12-18(16(19)14(2)17-3)13-8-11-15-9-6-5-7-10-15/h5-7,9-10,14,17H,4,12-13H2,1-3H3/t14-/m0/s1. The third kappa shape index (κ3) is 5.15. The summed E-state index contributed by atoms with van der Waals surface area (Å²) in [5.74, 6) is 6.26. The fourth-order valence-corrected chi connectivity index (χ4v) is 1.69. The van der Waals surface area contributed by atoms with Crippen molar-refractivity contribution < 1.29 is 4.79 Å². The summed E-state index contributed by atoms with van der Waals surface area (Å²) in [5, 5.41) is 2.97. The summed E-state index contributed by atoms with van der Waals surface area (Å²) in [6.07, 6.45) is 0.940. The quantitative estimate of drug-likeness (QED) is 0.818. The van der Waals surface area contributed by atoms with Crippen molar-refractivity contribution >= 4 is 5.91 Å². The minimum Gasteiger partial charge on any atom is -0.330 e. The van der Waals surface area contributed by atoms with Crippen LogP contribution in [0.2, 0.25) is 0 Å². The zero-order valence-corrected chi connectivity index (χ0v) is 11.9. The lowest BCUT2D eigenvalue weighted by atomic mass is 10.2. The number of rotatable bonds is 5. The van der Waals surface area contributed by atoms with Crippen LogP contribution in [0.3, 0.4) is 0 Å². The highest BCUT2D eigenvalue weighted by atomic mass is 16.2. The van der Waals surface area contributed by atoms with Crippen molar-refractivity contribution in [3.63, 3.8) is 0 Å². The highest BCUT2D eigenvalue weighted by Gasteiger charge is 2.17. The van der Waals surface area contributed by atoms with Crippen LogP contribution >= 0.6 is 0 Å². The maximum atomic E-state index is 12.1. The van der Waals surface area contributed by atoms with Gasteiger partial charge in [-0.05, 0) is 32.5 Å². The van der Waals surface area contributed by atoms with Crippen LogP contribution < -0.4 is 5.32 Å². The van der Waals surface area contributed by atoms with E-state index in [2.05, 4.69) is 24.1 Å². The maximum absolute atomic E-state index is 12.1. The van der Waals surface area contributed by atoms with E-state index in [1.807, 2.05) is 37.3 Å². The number of hydrogen-bond donors (Lipinski definition) is 1. The van der Waals surface area contributed by atoms with Crippen LogP contribution in [0.4, 0.5) is 0 Å². The Morgan fingerprint density at radius 3 is 2.63 bits per heavy atom. The highest BCUT2D eigenvalue weighted by molar-refractivity contribution is 5.81. The van der Waals surface area contributed by atoms with Crippen LogP contribution in [0.15, 0.2) is 30.3 Å². The molecule has 1 N–H and O–H groups in total. The van der Waals surface area contributed by atoms with E-state index < -0.39 is 0 Å². The molecule has 0 aliphatic rings. The fraction of sp³-hybridized carbons (Fsp3) is 0.438. The molecule has 0 aromatic heterocycles. The summed E-state index contributed by atoms with van der Waals surface area (Å²) < 4.78 is 0. The third-order valence-electron chi connectivity index (χ3n) is 2.89.